The van der Waals surface area contributed by atoms with E-state index in [2.05, 4.69) is 22.1 Å². The van der Waals surface area contributed by atoms with Gasteiger partial charge in [0, 0.05) is 30.9 Å². The number of hydrogen-bond acceptors (Lipinski definition) is 4. The van der Waals surface area contributed by atoms with Crippen LogP contribution in [-0.2, 0) is 6.54 Å². The number of aromatic nitrogens is 1. The summed E-state index contributed by atoms with van der Waals surface area (Å²) in [5.74, 6) is -0.0872. The van der Waals surface area contributed by atoms with Gasteiger partial charge in [0.1, 0.15) is 0 Å². The van der Waals surface area contributed by atoms with Crippen LogP contribution in [0.5, 0.6) is 0 Å². The monoisotopic (exact) mass is 308 g/mol. The Balaban J connectivity index is 0. The molecule has 5 nitrogen and oxygen atoms in total. The van der Waals surface area contributed by atoms with Crippen LogP contribution in [0.15, 0.2) is 18.3 Å². The van der Waals surface area contributed by atoms with Crippen LogP contribution in [0.3, 0.4) is 0 Å². The van der Waals surface area contributed by atoms with Gasteiger partial charge in [0.05, 0.1) is 5.69 Å². The van der Waals surface area contributed by atoms with Crippen molar-refractivity contribution < 1.29 is 4.79 Å². The van der Waals surface area contributed by atoms with Gasteiger partial charge in [0.15, 0.2) is 0 Å². The molecule has 110 valence electrons. The number of pyridine rings is 1. The quantitative estimate of drug-likeness (QED) is 0.853. The molecular formula is C12H22Cl2N4O. The number of amides is 1. The first kappa shape index (κ1) is 20.4. The maximum absolute atomic E-state index is 11.8. The van der Waals surface area contributed by atoms with Gasteiger partial charge in [0.2, 0.25) is 0 Å². The number of carbonyl (C=O) groups is 1. The Morgan fingerprint density at radius 1 is 1.47 bits per heavy atom. The molecule has 3 N–H and O–H groups in total. The highest BCUT2D eigenvalue weighted by Gasteiger charge is 2.09. The van der Waals surface area contributed by atoms with E-state index in [1.807, 2.05) is 14.1 Å². The van der Waals surface area contributed by atoms with Crippen molar-refractivity contribution in [1.29, 1.82) is 0 Å². The number of carbonyl (C=O) groups excluding carboxylic acids is 1. The first-order chi connectivity index (χ1) is 8.04. The highest BCUT2D eigenvalue weighted by molar-refractivity contribution is 5.94. The first-order valence-corrected chi connectivity index (χ1v) is 5.64. The first-order valence-electron chi connectivity index (χ1n) is 5.64. The number of halogens is 2. The Hall–Kier alpha value is -0.880. The number of nitrogens with zero attached hydrogens (tertiary/aromatic N) is 2. The molecule has 1 unspecified atom stereocenters. The molecule has 0 radical (unpaired) electrons. The fourth-order valence-electron chi connectivity index (χ4n) is 1.26. The van der Waals surface area contributed by atoms with E-state index in [1.165, 1.54) is 0 Å². The van der Waals surface area contributed by atoms with Gasteiger partial charge in [-0.2, -0.15) is 0 Å². The third-order valence-corrected chi connectivity index (χ3v) is 2.73. The van der Waals surface area contributed by atoms with Crippen LogP contribution in [0.4, 0.5) is 0 Å². The van der Waals surface area contributed by atoms with Crippen molar-refractivity contribution in [1.82, 2.24) is 15.2 Å². The van der Waals surface area contributed by atoms with E-state index in [9.17, 15) is 4.79 Å². The van der Waals surface area contributed by atoms with E-state index in [0.29, 0.717) is 24.7 Å². The van der Waals surface area contributed by atoms with Gasteiger partial charge in [-0.25, -0.2) is 0 Å². The molecule has 19 heavy (non-hydrogen) atoms. The molecule has 0 bridgehead atoms. The molecule has 1 amide bonds. The molecule has 0 aliphatic heterocycles. The topological polar surface area (TPSA) is 71.2 Å². The molecule has 1 atom stereocenters. The fourth-order valence-corrected chi connectivity index (χ4v) is 1.26. The summed E-state index contributed by atoms with van der Waals surface area (Å²) in [6.45, 7) is 3.01. The average Bonchev–Trinajstić information content (AvgIpc) is 2.35. The van der Waals surface area contributed by atoms with Crippen molar-refractivity contribution in [2.75, 3.05) is 20.6 Å². The van der Waals surface area contributed by atoms with E-state index >= 15 is 0 Å². The van der Waals surface area contributed by atoms with Crippen LogP contribution in [0.1, 0.15) is 23.0 Å². The lowest BCUT2D eigenvalue weighted by Gasteiger charge is -2.19. The Morgan fingerprint density at radius 3 is 2.63 bits per heavy atom. The summed E-state index contributed by atoms with van der Waals surface area (Å²) in [5, 5.41) is 2.88. The lowest BCUT2D eigenvalue weighted by atomic mass is 10.2. The van der Waals surface area contributed by atoms with Gasteiger partial charge in [0.25, 0.3) is 5.91 Å². The van der Waals surface area contributed by atoms with Gasteiger partial charge in [-0.15, -0.1) is 24.8 Å². The summed E-state index contributed by atoms with van der Waals surface area (Å²) in [6, 6.07) is 3.71. The molecule has 1 aromatic rings. The zero-order valence-corrected chi connectivity index (χ0v) is 13.1. The molecule has 1 heterocycles. The SMILES string of the molecule is CC(CNC(=O)c1ccnc(CN)c1)N(C)C.Cl.Cl. The van der Waals surface area contributed by atoms with Crippen molar-refractivity contribution in [3.05, 3.63) is 29.6 Å². The fraction of sp³-hybridized carbons (Fsp3) is 0.500. The highest BCUT2D eigenvalue weighted by Crippen LogP contribution is 2.01. The summed E-state index contributed by atoms with van der Waals surface area (Å²) in [7, 11) is 3.96. The van der Waals surface area contributed by atoms with Gasteiger partial charge in [-0.3, -0.25) is 9.78 Å². The number of nitrogens with two attached hydrogens (primary N) is 1. The zero-order valence-electron chi connectivity index (χ0n) is 11.4. The third kappa shape index (κ3) is 6.73. The lowest BCUT2D eigenvalue weighted by Crippen LogP contribution is -2.38. The molecule has 1 aromatic heterocycles. The average molecular weight is 309 g/mol. The summed E-state index contributed by atoms with van der Waals surface area (Å²) in [5.41, 5.74) is 6.80. The largest absolute Gasteiger partial charge is 0.350 e. The van der Waals surface area contributed by atoms with E-state index in [0.717, 1.165) is 5.69 Å². The summed E-state index contributed by atoms with van der Waals surface area (Å²) in [4.78, 5) is 17.9. The third-order valence-electron chi connectivity index (χ3n) is 2.73. The highest BCUT2D eigenvalue weighted by atomic mass is 35.5. The van der Waals surface area contributed by atoms with Gasteiger partial charge in [-0.05, 0) is 33.2 Å². The van der Waals surface area contributed by atoms with Crippen LogP contribution in [-0.4, -0.2) is 42.5 Å². The summed E-state index contributed by atoms with van der Waals surface area (Å²) >= 11 is 0. The normalized spacial score (nSPS) is 11.2. The van der Waals surface area contributed by atoms with E-state index in [-0.39, 0.29) is 30.7 Å². The molecule has 0 spiro atoms. The van der Waals surface area contributed by atoms with Gasteiger partial charge < -0.3 is 16.0 Å². The Morgan fingerprint density at radius 2 is 2.11 bits per heavy atom. The summed E-state index contributed by atoms with van der Waals surface area (Å²) < 4.78 is 0. The van der Waals surface area contributed by atoms with Crippen LogP contribution in [0.2, 0.25) is 0 Å². The molecule has 1 rings (SSSR count). The summed E-state index contributed by atoms with van der Waals surface area (Å²) in [6.07, 6.45) is 1.60. The zero-order chi connectivity index (χ0) is 12.8. The maximum atomic E-state index is 11.8. The van der Waals surface area contributed by atoms with Crippen molar-refractivity contribution in [3.63, 3.8) is 0 Å². The van der Waals surface area contributed by atoms with Gasteiger partial charge >= 0.3 is 0 Å². The molecule has 0 fully saturated rings. The standard InChI is InChI=1S/C12H20N4O.2ClH/c1-9(16(2)3)8-15-12(17)10-4-5-14-11(6-10)7-13;;/h4-6,9H,7-8,13H2,1-3H3,(H,15,17);2*1H. The van der Waals surface area contributed by atoms with Crippen molar-refractivity contribution in [2.45, 2.75) is 19.5 Å². The number of likely N-dealkylation sites (N-methyl/N-ethyl adjacent to an activating group) is 1. The minimum atomic E-state index is -0.0872. The minimum Gasteiger partial charge on any atom is -0.350 e. The van der Waals surface area contributed by atoms with Crippen LogP contribution >= 0.6 is 24.8 Å². The lowest BCUT2D eigenvalue weighted by molar-refractivity contribution is 0.0943. The van der Waals surface area contributed by atoms with Crippen LogP contribution in [0, 0.1) is 0 Å². The molecule has 0 saturated heterocycles. The van der Waals surface area contributed by atoms with Crippen LogP contribution in [0.25, 0.3) is 0 Å². The van der Waals surface area contributed by atoms with E-state index in [4.69, 9.17) is 5.73 Å². The molecule has 0 aliphatic carbocycles. The second-order valence-corrected chi connectivity index (χ2v) is 4.26. The van der Waals surface area contributed by atoms with E-state index < -0.39 is 0 Å². The molecule has 0 saturated carbocycles. The molecule has 7 heteroatoms. The number of hydrogen-bond donors (Lipinski definition) is 2. The van der Waals surface area contributed by atoms with Crippen LogP contribution < -0.4 is 11.1 Å². The smallest absolute Gasteiger partial charge is 0.251 e. The number of rotatable bonds is 5. The Bertz CT molecular complexity index is 388. The predicted molar refractivity (Wildman–Crippen MR) is 82.1 cm³/mol. The van der Waals surface area contributed by atoms with Crippen molar-refractivity contribution in [2.24, 2.45) is 5.73 Å². The van der Waals surface area contributed by atoms with E-state index in [1.54, 1.807) is 18.3 Å². The Labute approximate surface area is 126 Å². The molecular weight excluding hydrogens is 287 g/mol. The van der Waals surface area contributed by atoms with Crippen molar-refractivity contribution in [3.8, 4) is 0 Å². The second-order valence-electron chi connectivity index (χ2n) is 4.26. The minimum absolute atomic E-state index is 0. The van der Waals surface area contributed by atoms with Gasteiger partial charge in [-0.1, -0.05) is 0 Å². The second kappa shape index (κ2) is 9.97. The Kier molecular flexibility index (Phi) is 10.7. The number of nitrogens with one attached hydrogen (secondary N) is 1. The molecule has 0 aromatic carbocycles. The maximum Gasteiger partial charge on any atom is 0.251 e. The van der Waals surface area contributed by atoms with Crippen molar-refractivity contribution >= 4 is 30.7 Å². The predicted octanol–water partition coefficient (Wildman–Crippen LogP) is 1.06. The molecule has 0 aliphatic rings.